The smallest absolute Gasteiger partial charge is 0.303 e. The highest BCUT2D eigenvalue weighted by Gasteiger charge is 2.42. The lowest BCUT2D eigenvalue weighted by Crippen LogP contribution is -2.44. The molecule has 2 unspecified atom stereocenters. The van der Waals surface area contributed by atoms with Crippen molar-refractivity contribution in [3.8, 4) is 0 Å². The molecule has 3 fully saturated rings. The van der Waals surface area contributed by atoms with E-state index in [0.29, 0.717) is 35.4 Å². The van der Waals surface area contributed by atoms with E-state index in [0.717, 1.165) is 94.3 Å². The lowest BCUT2D eigenvalue weighted by atomic mass is 9.94. The Bertz CT molecular complexity index is 1330. The van der Waals surface area contributed by atoms with Crippen molar-refractivity contribution in [1.29, 1.82) is 0 Å². The molecular formula is C33H45ClN6O4. The topological polar surface area (TPSA) is 110 Å². The average Bonchev–Trinajstić information content (AvgIpc) is 3.56. The van der Waals surface area contributed by atoms with E-state index in [9.17, 15) is 14.4 Å². The van der Waals surface area contributed by atoms with Gasteiger partial charge in [-0.1, -0.05) is 17.7 Å². The molecule has 3 aliphatic rings. The number of aliphatic carboxylic acids is 1. The van der Waals surface area contributed by atoms with Crippen molar-refractivity contribution >= 4 is 35.1 Å². The zero-order valence-corrected chi connectivity index (χ0v) is 26.9. The summed E-state index contributed by atoms with van der Waals surface area (Å²) in [5.41, 5.74) is 3.93. The molecule has 1 aromatic carbocycles. The molecule has 3 saturated heterocycles. The molecule has 0 spiro atoms. The fraction of sp³-hybridized carbons (Fsp3) is 0.606. The third kappa shape index (κ3) is 7.58. The number of aromatic nitrogens is 2. The van der Waals surface area contributed by atoms with E-state index in [-0.39, 0.29) is 24.2 Å². The van der Waals surface area contributed by atoms with E-state index >= 15 is 0 Å². The monoisotopic (exact) mass is 624 g/mol. The second-order valence-corrected chi connectivity index (χ2v) is 13.2. The quantitative estimate of drug-likeness (QED) is 0.399. The largest absolute Gasteiger partial charge is 0.481 e. The van der Waals surface area contributed by atoms with Gasteiger partial charge in [0, 0.05) is 55.8 Å². The summed E-state index contributed by atoms with van der Waals surface area (Å²) in [7, 11) is 0. The first kappa shape index (κ1) is 32.3. The number of piperidine rings is 1. The number of hydrogen-bond donors (Lipinski definition) is 1. The van der Waals surface area contributed by atoms with Crippen LogP contribution in [0.4, 0.5) is 5.69 Å². The van der Waals surface area contributed by atoms with Gasteiger partial charge in [-0.25, -0.2) is 9.97 Å². The normalized spacial score (nSPS) is 21.0. The van der Waals surface area contributed by atoms with Gasteiger partial charge in [0.05, 0.1) is 17.0 Å². The fourth-order valence-electron chi connectivity index (χ4n) is 7.15. The summed E-state index contributed by atoms with van der Waals surface area (Å²) < 4.78 is 0. The Hall–Kier alpha value is -3.08. The first-order chi connectivity index (χ1) is 21.1. The third-order valence-electron chi connectivity index (χ3n) is 9.68. The summed E-state index contributed by atoms with van der Waals surface area (Å²) in [5.74, 6) is 0.289. The summed E-state index contributed by atoms with van der Waals surface area (Å²) in [4.78, 5) is 55.2. The van der Waals surface area contributed by atoms with Crippen LogP contribution in [0.3, 0.4) is 0 Å². The molecule has 3 aliphatic heterocycles. The Labute approximate surface area is 265 Å². The number of nitrogens with zero attached hydrogens (tertiary/aromatic N) is 6. The molecule has 0 aliphatic carbocycles. The predicted octanol–water partition coefficient (Wildman–Crippen LogP) is 4.06. The number of amides is 2. The Kier molecular flexibility index (Phi) is 10.5. The molecule has 0 radical (unpaired) electrons. The maximum Gasteiger partial charge on any atom is 0.303 e. The molecule has 2 atom stereocenters. The van der Waals surface area contributed by atoms with Gasteiger partial charge in [-0.3, -0.25) is 14.4 Å². The van der Waals surface area contributed by atoms with E-state index in [2.05, 4.69) is 19.8 Å². The van der Waals surface area contributed by atoms with Gasteiger partial charge >= 0.3 is 5.97 Å². The maximum absolute atomic E-state index is 13.9. The van der Waals surface area contributed by atoms with Crippen LogP contribution in [0.5, 0.6) is 0 Å². The zero-order chi connectivity index (χ0) is 31.4. The van der Waals surface area contributed by atoms with Crippen molar-refractivity contribution in [3.05, 3.63) is 52.1 Å². The molecule has 4 heterocycles. The second-order valence-electron chi connectivity index (χ2n) is 12.8. The molecule has 238 valence electrons. The molecule has 1 N–H and O–H groups in total. The molecule has 44 heavy (non-hydrogen) atoms. The lowest BCUT2D eigenvalue weighted by Gasteiger charge is -2.34. The van der Waals surface area contributed by atoms with Gasteiger partial charge in [0.2, 0.25) is 5.91 Å². The Morgan fingerprint density at radius 3 is 2.18 bits per heavy atom. The van der Waals surface area contributed by atoms with Crippen LogP contribution in [-0.4, -0.2) is 106 Å². The minimum absolute atomic E-state index is 0.0403. The number of fused-ring (bicyclic) bond motifs is 1. The molecule has 5 rings (SSSR count). The first-order valence-electron chi connectivity index (χ1n) is 15.9. The average molecular weight is 625 g/mol. The van der Waals surface area contributed by atoms with Crippen LogP contribution in [0.1, 0.15) is 59.4 Å². The number of hydrogen-bond acceptors (Lipinski definition) is 7. The number of rotatable bonds is 11. The molecular weight excluding hydrogens is 580 g/mol. The van der Waals surface area contributed by atoms with Crippen LogP contribution < -0.4 is 4.90 Å². The highest BCUT2D eigenvalue weighted by Crippen LogP contribution is 2.33. The molecule has 0 saturated carbocycles. The van der Waals surface area contributed by atoms with Crippen LogP contribution in [0.25, 0.3) is 0 Å². The lowest BCUT2D eigenvalue weighted by molar-refractivity contribution is -0.137. The standard InChI is InChI=1S/C33H45ClN6O4/c1-22-7-8-28(16-29(22)34)40(32(43)25-9-14-37(15-10-25)11-4-6-30(41)42)13-5-12-38-17-26-19-39(20-27(26)18-38)33(44)31-23(2)35-21-36-24(31)3/h7-8,16,21,25-27H,4-6,9-15,17-20H2,1-3H3,(H,41,42). The minimum Gasteiger partial charge on any atom is -0.481 e. The zero-order valence-electron chi connectivity index (χ0n) is 26.2. The number of carbonyl (C=O) groups is 3. The van der Waals surface area contributed by atoms with Gasteiger partial charge in [0.15, 0.2) is 0 Å². The fourth-order valence-corrected chi connectivity index (χ4v) is 7.32. The van der Waals surface area contributed by atoms with Crippen LogP contribution in [0.2, 0.25) is 5.02 Å². The van der Waals surface area contributed by atoms with E-state index in [1.165, 1.54) is 6.33 Å². The number of benzene rings is 1. The minimum atomic E-state index is -0.764. The summed E-state index contributed by atoms with van der Waals surface area (Å²) in [6.45, 7) is 13.0. The summed E-state index contributed by atoms with van der Waals surface area (Å²) in [5, 5.41) is 9.59. The predicted molar refractivity (Wildman–Crippen MR) is 170 cm³/mol. The second kappa shape index (κ2) is 14.3. The molecule has 10 nitrogen and oxygen atoms in total. The van der Waals surface area contributed by atoms with Crippen molar-refractivity contribution in [2.24, 2.45) is 17.8 Å². The van der Waals surface area contributed by atoms with Crippen molar-refractivity contribution < 1.29 is 19.5 Å². The van der Waals surface area contributed by atoms with Gasteiger partial charge in [-0.15, -0.1) is 0 Å². The van der Waals surface area contributed by atoms with Crippen molar-refractivity contribution in [3.63, 3.8) is 0 Å². The van der Waals surface area contributed by atoms with Crippen molar-refractivity contribution in [2.75, 3.05) is 63.8 Å². The number of carboxylic acid groups (broad SMARTS) is 1. The van der Waals surface area contributed by atoms with Crippen LogP contribution in [-0.2, 0) is 9.59 Å². The Morgan fingerprint density at radius 1 is 0.932 bits per heavy atom. The van der Waals surface area contributed by atoms with Crippen LogP contribution in [0, 0.1) is 38.5 Å². The number of anilines is 1. The van der Waals surface area contributed by atoms with Gasteiger partial charge in [-0.05, 0) is 102 Å². The maximum atomic E-state index is 13.9. The van der Waals surface area contributed by atoms with Gasteiger partial charge in [0.1, 0.15) is 6.33 Å². The number of aryl methyl sites for hydroxylation is 3. The van der Waals surface area contributed by atoms with E-state index in [1.54, 1.807) is 0 Å². The van der Waals surface area contributed by atoms with Crippen LogP contribution >= 0.6 is 11.6 Å². The molecule has 11 heteroatoms. The summed E-state index contributed by atoms with van der Waals surface area (Å²) in [6, 6.07) is 5.87. The van der Waals surface area contributed by atoms with Gasteiger partial charge < -0.3 is 24.7 Å². The first-order valence-corrected chi connectivity index (χ1v) is 16.3. The third-order valence-corrected chi connectivity index (χ3v) is 10.1. The molecule has 1 aromatic heterocycles. The molecule has 2 aromatic rings. The van der Waals surface area contributed by atoms with Gasteiger partial charge in [-0.2, -0.15) is 0 Å². The SMILES string of the molecule is Cc1ccc(N(CCCN2CC3CN(C(=O)c4c(C)ncnc4C)CC3C2)C(=O)C2CCN(CCCC(=O)O)CC2)cc1Cl. The van der Waals surface area contributed by atoms with E-state index < -0.39 is 5.97 Å². The van der Waals surface area contributed by atoms with Crippen molar-refractivity contribution in [1.82, 2.24) is 24.7 Å². The number of carboxylic acids is 1. The summed E-state index contributed by atoms with van der Waals surface area (Å²) in [6.07, 6.45) is 4.74. The van der Waals surface area contributed by atoms with Crippen LogP contribution in [0.15, 0.2) is 24.5 Å². The highest BCUT2D eigenvalue weighted by molar-refractivity contribution is 6.31. The van der Waals surface area contributed by atoms with Crippen molar-refractivity contribution in [2.45, 2.75) is 52.9 Å². The van der Waals surface area contributed by atoms with Gasteiger partial charge in [0.25, 0.3) is 5.91 Å². The Morgan fingerprint density at radius 2 is 1.57 bits per heavy atom. The summed E-state index contributed by atoms with van der Waals surface area (Å²) >= 11 is 6.49. The molecule has 2 amide bonds. The number of carbonyl (C=O) groups excluding carboxylic acids is 2. The molecule has 0 bridgehead atoms. The highest BCUT2D eigenvalue weighted by atomic mass is 35.5. The van der Waals surface area contributed by atoms with E-state index in [4.69, 9.17) is 16.7 Å². The van der Waals surface area contributed by atoms with E-state index in [1.807, 2.05) is 48.8 Å². The number of likely N-dealkylation sites (tertiary alicyclic amines) is 3. The Balaban J connectivity index is 1.14. The number of halogens is 1.